The maximum absolute atomic E-state index is 11.9. The normalized spacial score (nSPS) is 24.0. The van der Waals surface area contributed by atoms with Gasteiger partial charge >= 0.3 is 0 Å². The van der Waals surface area contributed by atoms with Gasteiger partial charge in [0.1, 0.15) is 17.0 Å². The van der Waals surface area contributed by atoms with Crippen molar-refractivity contribution in [1.82, 2.24) is 14.5 Å². The number of halogens is 1. The molecule has 0 saturated carbocycles. The Morgan fingerprint density at radius 2 is 2.39 bits per heavy atom. The van der Waals surface area contributed by atoms with Crippen LogP contribution in [0.4, 0.5) is 0 Å². The quantitative estimate of drug-likeness (QED) is 0.857. The summed E-state index contributed by atoms with van der Waals surface area (Å²) in [7, 11) is 3.42. The number of ether oxygens (including phenoxy) is 1. The molecule has 0 bridgehead atoms. The van der Waals surface area contributed by atoms with Crippen LogP contribution in [0.15, 0.2) is 6.20 Å². The van der Waals surface area contributed by atoms with E-state index >= 15 is 0 Å². The van der Waals surface area contributed by atoms with Crippen LogP contribution in [0.2, 0.25) is 5.15 Å². The van der Waals surface area contributed by atoms with E-state index in [1.807, 2.05) is 7.05 Å². The molecule has 1 fully saturated rings. The Morgan fingerprint density at radius 1 is 1.67 bits per heavy atom. The molecule has 1 saturated heterocycles. The summed E-state index contributed by atoms with van der Waals surface area (Å²) in [6.07, 6.45) is 1.90. The van der Waals surface area contributed by atoms with E-state index in [1.165, 1.54) is 0 Å². The van der Waals surface area contributed by atoms with Crippen molar-refractivity contribution < 1.29 is 9.53 Å². The van der Waals surface area contributed by atoms with Crippen LogP contribution >= 0.6 is 11.6 Å². The third-order valence-electron chi connectivity index (χ3n) is 3.24. The molecule has 1 amide bonds. The number of carbonyl (C=O) groups is 1. The highest BCUT2D eigenvalue weighted by Gasteiger charge is 2.40. The summed E-state index contributed by atoms with van der Waals surface area (Å²) in [4.78, 5) is 17.9. The molecule has 1 aliphatic rings. The lowest BCUT2D eigenvalue weighted by atomic mass is 10.1. The predicted molar refractivity (Wildman–Crippen MR) is 67.1 cm³/mol. The van der Waals surface area contributed by atoms with Crippen molar-refractivity contribution in [2.24, 2.45) is 12.8 Å². The largest absolute Gasteiger partial charge is 0.383 e. The standard InChI is InChI=1S/C11H17ClN4O2/c1-15-8(12)6-14-11(15)10-7(13)5-9(17)16(10)3-4-18-2/h6-7,10H,3-5,13H2,1-2H3. The number of hydrogen-bond donors (Lipinski definition) is 1. The molecular weight excluding hydrogens is 256 g/mol. The minimum atomic E-state index is -0.258. The SMILES string of the molecule is COCCN1C(=O)CC(N)C1c1ncc(Cl)n1C. The van der Waals surface area contributed by atoms with Crippen molar-refractivity contribution in [1.29, 1.82) is 0 Å². The molecular formula is C11H17ClN4O2. The molecule has 0 aliphatic carbocycles. The van der Waals surface area contributed by atoms with E-state index in [1.54, 1.807) is 22.8 Å². The molecule has 7 heteroatoms. The Kier molecular flexibility index (Phi) is 3.89. The van der Waals surface area contributed by atoms with Gasteiger partial charge in [0.2, 0.25) is 5.91 Å². The molecule has 2 unspecified atom stereocenters. The first kappa shape index (κ1) is 13.3. The number of rotatable bonds is 4. The highest BCUT2D eigenvalue weighted by molar-refractivity contribution is 6.29. The van der Waals surface area contributed by atoms with Crippen molar-refractivity contribution in [3.63, 3.8) is 0 Å². The van der Waals surface area contributed by atoms with Crippen molar-refractivity contribution in [2.75, 3.05) is 20.3 Å². The van der Waals surface area contributed by atoms with Gasteiger partial charge in [-0.05, 0) is 0 Å². The van der Waals surface area contributed by atoms with E-state index in [4.69, 9.17) is 22.1 Å². The first-order valence-electron chi connectivity index (χ1n) is 5.77. The van der Waals surface area contributed by atoms with Crippen LogP contribution in [0.3, 0.4) is 0 Å². The summed E-state index contributed by atoms with van der Waals surface area (Å²) in [6, 6.07) is -0.489. The predicted octanol–water partition coefficient (Wildman–Crippen LogP) is 0.321. The van der Waals surface area contributed by atoms with Gasteiger partial charge in [-0.1, -0.05) is 11.6 Å². The second kappa shape index (κ2) is 5.26. The van der Waals surface area contributed by atoms with Crippen LogP contribution in [0.5, 0.6) is 0 Å². The summed E-state index contributed by atoms with van der Waals surface area (Å²) >= 11 is 5.98. The van der Waals surface area contributed by atoms with Crippen LogP contribution < -0.4 is 5.73 Å². The van der Waals surface area contributed by atoms with Crippen LogP contribution in [0, 0.1) is 0 Å². The summed E-state index contributed by atoms with van der Waals surface area (Å²) in [5.74, 6) is 0.748. The first-order valence-corrected chi connectivity index (χ1v) is 6.15. The fraction of sp³-hybridized carbons (Fsp3) is 0.636. The van der Waals surface area contributed by atoms with Gasteiger partial charge in [0.05, 0.1) is 12.8 Å². The number of hydrogen-bond acceptors (Lipinski definition) is 4. The number of methoxy groups -OCH3 is 1. The highest BCUT2D eigenvalue weighted by Crippen LogP contribution is 2.31. The maximum Gasteiger partial charge on any atom is 0.224 e. The fourth-order valence-corrected chi connectivity index (χ4v) is 2.41. The summed E-state index contributed by atoms with van der Waals surface area (Å²) in [6.45, 7) is 0.991. The van der Waals surface area contributed by atoms with Gasteiger partial charge in [-0.3, -0.25) is 4.79 Å². The Labute approximate surface area is 111 Å². The van der Waals surface area contributed by atoms with E-state index < -0.39 is 0 Å². The molecule has 100 valence electrons. The van der Waals surface area contributed by atoms with E-state index in [0.29, 0.717) is 24.7 Å². The van der Waals surface area contributed by atoms with Gasteiger partial charge < -0.3 is 19.9 Å². The third-order valence-corrected chi connectivity index (χ3v) is 3.59. The lowest BCUT2D eigenvalue weighted by Gasteiger charge is -2.26. The zero-order valence-electron chi connectivity index (χ0n) is 10.5. The molecule has 0 aromatic carbocycles. The zero-order valence-corrected chi connectivity index (χ0v) is 11.2. The van der Waals surface area contributed by atoms with Crippen LogP contribution in [-0.2, 0) is 16.6 Å². The Morgan fingerprint density at radius 3 is 2.94 bits per heavy atom. The topological polar surface area (TPSA) is 73.4 Å². The van der Waals surface area contributed by atoms with Crippen molar-refractivity contribution >= 4 is 17.5 Å². The molecule has 6 nitrogen and oxygen atoms in total. The second-order valence-electron chi connectivity index (χ2n) is 4.39. The number of imidazole rings is 1. The summed E-state index contributed by atoms with van der Waals surface area (Å²) in [5.41, 5.74) is 6.04. The molecule has 2 heterocycles. The average Bonchev–Trinajstić information content (AvgIpc) is 2.78. The van der Waals surface area contributed by atoms with E-state index in [2.05, 4.69) is 4.98 Å². The van der Waals surface area contributed by atoms with Gasteiger partial charge in [-0.25, -0.2) is 4.98 Å². The van der Waals surface area contributed by atoms with Gasteiger partial charge in [0.25, 0.3) is 0 Å². The fourth-order valence-electron chi connectivity index (χ4n) is 2.28. The lowest BCUT2D eigenvalue weighted by molar-refractivity contribution is -0.129. The van der Waals surface area contributed by atoms with Gasteiger partial charge in [-0.15, -0.1) is 0 Å². The van der Waals surface area contributed by atoms with Gasteiger partial charge in [0.15, 0.2) is 0 Å². The number of likely N-dealkylation sites (tertiary alicyclic amines) is 1. The maximum atomic E-state index is 11.9. The molecule has 18 heavy (non-hydrogen) atoms. The van der Waals surface area contributed by atoms with Crippen LogP contribution in [-0.4, -0.2) is 46.7 Å². The smallest absolute Gasteiger partial charge is 0.224 e. The molecule has 1 aliphatic heterocycles. The molecule has 0 spiro atoms. The zero-order chi connectivity index (χ0) is 13.3. The van der Waals surface area contributed by atoms with Crippen LogP contribution in [0.25, 0.3) is 0 Å². The second-order valence-corrected chi connectivity index (χ2v) is 4.78. The number of nitrogens with two attached hydrogens (primary N) is 1. The first-order chi connectivity index (χ1) is 8.56. The molecule has 1 aromatic rings. The van der Waals surface area contributed by atoms with Crippen LogP contribution in [0.1, 0.15) is 18.3 Å². The van der Waals surface area contributed by atoms with Gasteiger partial charge in [-0.2, -0.15) is 0 Å². The Balaban J connectivity index is 2.28. The number of aromatic nitrogens is 2. The van der Waals surface area contributed by atoms with Crippen molar-refractivity contribution in [2.45, 2.75) is 18.5 Å². The van der Waals surface area contributed by atoms with Crippen molar-refractivity contribution in [3.8, 4) is 0 Å². The number of carbonyl (C=O) groups excluding carboxylic acids is 1. The lowest BCUT2D eigenvalue weighted by Crippen LogP contribution is -2.36. The average molecular weight is 273 g/mol. The minimum Gasteiger partial charge on any atom is -0.383 e. The molecule has 2 rings (SSSR count). The Hall–Kier alpha value is -1.11. The molecule has 1 aromatic heterocycles. The van der Waals surface area contributed by atoms with E-state index in [-0.39, 0.29) is 18.0 Å². The highest BCUT2D eigenvalue weighted by atomic mass is 35.5. The monoisotopic (exact) mass is 272 g/mol. The van der Waals surface area contributed by atoms with Crippen molar-refractivity contribution in [3.05, 3.63) is 17.2 Å². The summed E-state index contributed by atoms with van der Waals surface area (Å²) in [5, 5.41) is 0.531. The molecule has 0 radical (unpaired) electrons. The number of amides is 1. The summed E-state index contributed by atoms with van der Waals surface area (Å²) < 4.78 is 6.77. The third kappa shape index (κ3) is 2.23. The number of nitrogens with zero attached hydrogens (tertiary/aromatic N) is 3. The van der Waals surface area contributed by atoms with E-state index in [0.717, 1.165) is 5.82 Å². The molecule has 2 atom stereocenters. The molecule has 2 N–H and O–H groups in total. The van der Waals surface area contributed by atoms with Gasteiger partial charge in [0, 0.05) is 33.2 Å². The van der Waals surface area contributed by atoms with E-state index in [9.17, 15) is 4.79 Å². The Bertz CT molecular complexity index is 448. The minimum absolute atomic E-state index is 0.0312.